The number of alkyl halides is 1. The van der Waals surface area contributed by atoms with Gasteiger partial charge in [0.25, 0.3) is 0 Å². The Labute approximate surface area is 104 Å². The lowest BCUT2D eigenvalue weighted by atomic mass is 9.99. The first kappa shape index (κ1) is 12.1. The zero-order chi connectivity index (χ0) is 12.4. The van der Waals surface area contributed by atoms with Crippen molar-refractivity contribution in [1.82, 2.24) is 0 Å². The van der Waals surface area contributed by atoms with Crippen LogP contribution in [-0.2, 0) is 0 Å². The average molecular weight is 251 g/mol. The third-order valence-electron chi connectivity index (χ3n) is 2.78. The second-order valence-corrected chi connectivity index (χ2v) is 4.41. The van der Waals surface area contributed by atoms with Crippen molar-refractivity contribution in [3.63, 3.8) is 0 Å². The Morgan fingerprint density at radius 1 is 1.24 bits per heavy atom. The van der Waals surface area contributed by atoms with Gasteiger partial charge in [0, 0.05) is 10.9 Å². The molecular weight excluding hydrogens is 239 g/mol. The minimum absolute atomic E-state index is 0.148. The van der Waals surface area contributed by atoms with Gasteiger partial charge in [0.15, 0.2) is 5.78 Å². The van der Waals surface area contributed by atoms with Crippen molar-refractivity contribution < 1.29 is 9.18 Å². The first-order valence-electron chi connectivity index (χ1n) is 5.50. The van der Waals surface area contributed by atoms with Crippen LogP contribution in [0.3, 0.4) is 0 Å². The molecule has 2 rings (SSSR count). The van der Waals surface area contributed by atoms with Crippen LogP contribution in [0, 0.1) is 5.82 Å². The molecule has 2 aromatic rings. The van der Waals surface area contributed by atoms with Crippen LogP contribution in [0.25, 0.3) is 10.8 Å². The van der Waals surface area contributed by atoms with Crippen molar-refractivity contribution in [1.29, 1.82) is 0 Å². The zero-order valence-electron chi connectivity index (χ0n) is 9.41. The van der Waals surface area contributed by atoms with Crippen molar-refractivity contribution in [3.05, 3.63) is 47.8 Å². The molecule has 0 aliphatic heterocycles. The minimum atomic E-state index is -0.552. The molecule has 0 fully saturated rings. The predicted octanol–water partition coefficient (Wildman–Crippen LogP) is 4.18. The maximum Gasteiger partial charge on any atom is 0.181 e. The van der Waals surface area contributed by atoms with Crippen LogP contribution in [0.4, 0.5) is 4.39 Å². The van der Waals surface area contributed by atoms with Gasteiger partial charge in [-0.3, -0.25) is 4.79 Å². The summed E-state index contributed by atoms with van der Waals surface area (Å²) in [4.78, 5) is 12.0. The smallest absolute Gasteiger partial charge is 0.181 e. The number of benzene rings is 2. The van der Waals surface area contributed by atoms with E-state index in [0.29, 0.717) is 22.8 Å². The number of ketones is 1. The summed E-state index contributed by atoms with van der Waals surface area (Å²) in [5, 5.41) is 0.527. The Hall–Kier alpha value is -1.41. The third-order valence-corrected chi connectivity index (χ3v) is 3.29. The van der Waals surface area contributed by atoms with E-state index in [9.17, 15) is 9.18 Å². The van der Waals surface area contributed by atoms with E-state index in [4.69, 9.17) is 11.6 Å². The van der Waals surface area contributed by atoms with Gasteiger partial charge in [-0.05, 0) is 23.9 Å². The molecule has 88 valence electrons. The fourth-order valence-corrected chi connectivity index (χ4v) is 1.95. The van der Waals surface area contributed by atoms with Gasteiger partial charge in [-0.1, -0.05) is 31.2 Å². The van der Waals surface area contributed by atoms with Crippen molar-refractivity contribution in [2.75, 3.05) is 0 Å². The molecule has 0 N–H and O–H groups in total. The Morgan fingerprint density at radius 2 is 1.88 bits per heavy atom. The van der Waals surface area contributed by atoms with Gasteiger partial charge in [-0.15, -0.1) is 11.6 Å². The molecule has 0 bridgehead atoms. The summed E-state index contributed by atoms with van der Waals surface area (Å²) in [6, 6.07) is 9.76. The second-order valence-electron chi connectivity index (χ2n) is 3.88. The van der Waals surface area contributed by atoms with Gasteiger partial charge >= 0.3 is 0 Å². The fraction of sp³-hybridized carbons (Fsp3) is 0.214. The molecule has 0 aliphatic rings. The summed E-state index contributed by atoms with van der Waals surface area (Å²) in [7, 11) is 0. The number of carbonyl (C=O) groups excluding carboxylic acids is 1. The van der Waals surface area contributed by atoms with E-state index in [2.05, 4.69) is 0 Å². The number of rotatable bonds is 3. The van der Waals surface area contributed by atoms with Crippen molar-refractivity contribution in [2.24, 2.45) is 0 Å². The number of hydrogen-bond acceptors (Lipinski definition) is 1. The summed E-state index contributed by atoms with van der Waals surface area (Å²) >= 11 is 5.95. The highest BCUT2D eigenvalue weighted by Gasteiger charge is 2.18. The van der Waals surface area contributed by atoms with Crippen molar-refractivity contribution in [2.45, 2.75) is 18.7 Å². The lowest BCUT2D eigenvalue weighted by Crippen LogP contribution is -2.14. The molecule has 0 aliphatic carbocycles. The molecule has 0 saturated heterocycles. The van der Waals surface area contributed by atoms with Crippen LogP contribution in [-0.4, -0.2) is 11.2 Å². The molecule has 3 heteroatoms. The Kier molecular flexibility index (Phi) is 3.43. The van der Waals surface area contributed by atoms with Crippen LogP contribution < -0.4 is 0 Å². The molecule has 0 radical (unpaired) electrons. The van der Waals surface area contributed by atoms with Gasteiger partial charge in [0.1, 0.15) is 5.82 Å². The maximum atomic E-state index is 13.6. The lowest BCUT2D eigenvalue weighted by molar-refractivity contribution is 0.0987. The highest BCUT2D eigenvalue weighted by atomic mass is 35.5. The molecule has 0 saturated carbocycles. The molecule has 0 aromatic heterocycles. The van der Waals surface area contributed by atoms with E-state index in [1.807, 2.05) is 6.92 Å². The van der Waals surface area contributed by atoms with Gasteiger partial charge in [0.2, 0.25) is 0 Å². The Balaban J connectivity index is 2.63. The maximum absolute atomic E-state index is 13.6. The summed E-state index contributed by atoms with van der Waals surface area (Å²) < 4.78 is 13.6. The van der Waals surface area contributed by atoms with Gasteiger partial charge in [0.05, 0.1) is 5.38 Å². The molecular formula is C14H12ClFO. The highest BCUT2D eigenvalue weighted by Crippen LogP contribution is 2.24. The minimum Gasteiger partial charge on any atom is -0.292 e. The topological polar surface area (TPSA) is 17.1 Å². The van der Waals surface area contributed by atoms with Crippen molar-refractivity contribution in [3.8, 4) is 0 Å². The third kappa shape index (κ3) is 2.18. The quantitative estimate of drug-likeness (QED) is 0.590. The number of fused-ring (bicyclic) bond motifs is 1. The second kappa shape index (κ2) is 4.84. The summed E-state index contributed by atoms with van der Waals surface area (Å²) in [6.07, 6.45) is 0.562. The van der Waals surface area contributed by atoms with E-state index < -0.39 is 5.38 Å². The molecule has 17 heavy (non-hydrogen) atoms. The predicted molar refractivity (Wildman–Crippen MR) is 68.2 cm³/mol. The number of halogens is 2. The summed E-state index contributed by atoms with van der Waals surface area (Å²) in [6.45, 7) is 1.85. The van der Waals surface area contributed by atoms with Gasteiger partial charge < -0.3 is 0 Å². The molecule has 1 nitrogen and oxygen atoms in total. The van der Waals surface area contributed by atoms with Crippen LogP contribution in [0.5, 0.6) is 0 Å². The van der Waals surface area contributed by atoms with Crippen LogP contribution >= 0.6 is 11.6 Å². The van der Waals surface area contributed by atoms with Crippen LogP contribution in [0.15, 0.2) is 36.4 Å². The van der Waals surface area contributed by atoms with Gasteiger partial charge in [-0.25, -0.2) is 4.39 Å². The monoisotopic (exact) mass is 250 g/mol. The van der Waals surface area contributed by atoms with E-state index in [0.717, 1.165) is 0 Å². The SMILES string of the molecule is CCC(Cl)C(=O)c1ccc(F)c2ccccc12. The Morgan fingerprint density at radius 3 is 2.53 bits per heavy atom. The molecule has 1 atom stereocenters. The van der Waals surface area contributed by atoms with E-state index >= 15 is 0 Å². The average Bonchev–Trinajstić information content (AvgIpc) is 2.38. The normalized spacial score (nSPS) is 12.6. The fourth-order valence-electron chi connectivity index (χ4n) is 1.83. The highest BCUT2D eigenvalue weighted by molar-refractivity contribution is 6.35. The first-order valence-corrected chi connectivity index (χ1v) is 5.94. The number of hydrogen-bond donors (Lipinski definition) is 0. The molecule has 1 unspecified atom stereocenters. The molecule has 0 heterocycles. The first-order chi connectivity index (χ1) is 8.15. The van der Waals surface area contributed by atoms with Gasteiger partial charge in [-0.2, -0.15) is 0 Å². The van der Waals surface area contributed by atoms with Crippen molar-refractivity contribution >= 4 is 28.2 Å². The summed E-state index contributed by atoms with van der Waals surface area (Å²) in [5.74, 6) is -0.467. The zero-order valence-corrected chi connectivity index (χ0v) is 10.2. The lowest BCUT2D eigenvalue weighted by Gasteiger charge is -2.09. The molecule has 0 amide bonds. The van der Waals surface area contributed by atoms with Crippen LogP contribution in [0.1, 0.15) is 23.7 Å². The largest absolute Gasteiger partial charge is 0.292 e. The van der Waals surface area contributed by atoms with E-state index in [1.165, 1.54) is 12.1 Å². The number of carbonyl (C=O) groups is 1. The summed E-state index contributed by atoms with van der Waals surface area (Å²) in [5.41, 5.74) is 0.490. The molecule has 2 aromatic carbocycles. The number of Topliss-reactive ketones (excluding diaryl/α,β-unsaturated/α-hetero) is 1. The molecule has 0 spiro atoms. The van der Waals surface area contributed by atoms with Crippen LogP contribution in [0.2, 0.25) is 0 Å². The van der Waals surface area contributed by atoms with E-state index in [1.54, 1.807) is 24.3 Å². The van der Waals surface area contributed by atoms with E-state index in [-0.39, 0.29) is 11.6 Å². The standard InChI is InChI=1S/C14H12ClFO/c1-2-12(15)14(17)11-7-8-13(16)10-6-4-3-5-9(10)11/h3-8,12H,2H2,1H3. The Bertz CT molecular complexity index is 565.